The first-order chi connectivity index (χ1) is 11.1. The van der Waals surface area contributed by atoms with E-state index < -0.39 is 6.03 Å². The van der Waals surface area contributed by atoms with Crippen molar-refractivity contribution in [1.29, 1.82) is 0 Å². The quantitative estimate of drug-likeness (QED) is 0.623. The highest BCUT2D eigenvalue weighted by atomic mass is 35.5. The van der Waals surface area contributed by atoms with E-state index in [0.29, 0.717) is 18.1 Å². The lowest BCUT2D eigenvalue weighted by molar-refractivity contribution is 0.203. The maximum atomic E-state index is 12.1. The Hall–Kier alpha value is -2.53. The molecule has 0 aliphatic carbocycles. The molecule has 1 heterocycles. The summed E-state index contributed by atoms with van der Waals surface area (Å²) in [5, 5.41) is 0.688. The van der Waals surface area contributed by atoms with Gasteiger partial charge in [0, 0.05) is 23.7 Å². The molecule has 23 heavy (non-hydrogen) atoms. The fraction of sp³-hybridized carbons (Fsp3) is 0.176. The number of guanidine groups is 1. The first kappa shape index (κ1) is 15.4. The molecule has 118 valence electrons. The molecule has 0 spiro atoms. The van der Waals surface area contributed by atoms with Crippen LogP contribution in [0.3, 0.4) is 0 Å². The average molecular weight is 329 g/mol. The SMILES string of the molecule is NC(N)=NC(=O)N1CCc2cccc(-c3ccccc3Cl)c2C1. The largest absolute Gasteiger partial charge is 0.370 e. The summed E-state index contributed by atoms with van der Waals surface area (Å²) >= 11 is 6.33. The third-order valence-corrected chi connectivity index (χ3v) is 4.26. The van der Waals surface area contributed by atoms with Crippen LogP contribution in [0.15, 0.2) is 47.5 Å². The lowest BCUT2D eigenvalue weighted by Crippen LogP contribution is -2.36. The number of amides is 2. The fourth-order valence-electron chi connectivity index (χ4n) is 2.86. The molecule has 2 aromatic rings. The van der Waals surface area contributed by atoms with Gasteiger partial charge in [-0.2, -0.15) is 4.99 Å². The van der Waals surface area contributed by atoms with Gasteiger partial charge < -0.3 is 16.4 Å². The second-order valence-corrected chi connectivity index (χ2v) is 5.82. The van der Waals surface area contributed by atoms with E-state index in [1.54, 1.807) is 4.90 Å². The fourth-order valence-corrected chi connectivity index (χ4v) is 3.09. The van der Waals surface area contributed by atoms with E-state index in [2.05, 4.69) is 11.1 Å². The Labute approximate surface area is 139 Å². The monoisotopic (exact) mass is 328 g/mol. The lowest BCUT2D eigenvalue weighted by atomic mass is 9.91. The molecule has 0 atom stereocenters. The Kier molecular flexibility index (Phi) is 4.21. The summed E-state index contributed by atoms with van der Waals surface area (Å²) in [5.41, 5.74) is 14.9. The number of rotatable bonds is 1. The van der Waals surface area contributed by atoms with Crippen molar-refractivity contribution in [3.8, 4) is 11.1 Å². The van der Waals surface area contributed by atoms with Gasteiger partial charge >= 0.3 is 6.03 Å². The molecular formula is C17H17ClN4O. The highest BCUT2D eigenvalue weighted by Gasteiger charge is 2.23. The van der Waals surface area contributed by atoms with Gasteiger partial charge in [-0.25, -0.2) is 4.79 Å². The zero-order valence-corrected chi connectivity index (χ0v) is 13.3. The van der Waals surface area contributed by atoms with E-state index in [4.69, 9.17) is 23.1 Å². The van der Waals surface area contributed by atoms with E-state index in [0.717, 1.165) is 23.1 Å². The van der Waals surface area contributed by atoms with Gasteiger partial charge in [-0.15, -0.1) is 0 Å². The zero-order valence-electron chi connectivity index (χ0n) is 12.5. The molecule has 4 N–H and O–H groups in total. The minimum atomic E-state index is -0.412. The van der Waals surface area contributed by atoms with Gasteiger partial charge in [0.25, 0.3) is 0 Å². The Balaban J connectivity index is 2.00. The van der Waals surface area contributed by atoms with E-state index >= 15 is 0 Å². The maximum absolute atomic E-state index is 12.1. The summed E-state index contributed by atoms with van der Waals surface area (Å²) in [6, 6.07) is 13.4. The van der Waals surface area contributed by atoms with Crippen molar-refractivity contribution in [2.24, 2.45) is 16.5 Å². The number of hydrogen-bond acceptors (Lipinski definition) is 1. The molecule has 2 aromatic carbocycles. The van der Waals surface area contributed by atoms with Crippen LogP contribution in [0.1, 0.15) is 11.1 Å². The van der Waals surface area contributed by atoms with E-state index in [-0.39, 0.29) is 5.96 Å². The molecule has 3 rings (SSSR count). The van der Waals surface area contributed by atoms with Crippen molar-refractivity contribution in [1.82, 2.24) is 4.90 Å². The smallest absolute Gasteiger partial charge is 0.347 e. The van der Waals surface area contributed by atoms with Crippen molar-refractivity contribution in [3.63, 3.8) is 0 Å². The predicted octanol–water partition coefficient (Wildman–Crippen LogP) is 2.76. The van der Waals surface area contributed by atoms with Crippen molar-refractivity contribution < 1.29 is 4.79 Å². The van der Waals surface area contributed by atoms with Gasteiger partial charge in [-0.05, 0) is 29.2 Å². The Morgan fingerprint density at radius 1 is 1.09 bits per heavy atom. The van der Waals surface area contributed by atoms with Crippen LogP contribution in [0.5, 0.6) is 0 Å². The van der Waals surface area contributed by atoms with Gasteiger partial charge in [0.05, 0.1) is 0 Å². The number of fused-ring (bicyclic) bond motifs is 1. The standard InChI is InChI=1S/C17H17ClN4O/c18-15-7-2-1-5-13(15)12-6-3-4-11-8-9-22(10-14(11)12)17(23)21-16(19)20/h1-7H,8-10H2,(H4,19,20,21,23). The van der Waals surface area contributed by atoms with Crippen molar-refractivity contribution in [3.05, 3.63) is 58.6 Å². The Morgan fingerprint density at radius 3 is 2.57 bits per heavy atom. The van der Waals surface area contributed by atoms with Crippen LogP contribution in [0.4, 0.5) is 4.79 Å². The number of benzene rings is 2. The van der Waals surface area contributed by atoms with Gasteiger partial charge in [0.1, 0.15) is 0 Å². The molecular weight excluding hydrogens is 312 g/mol. The van der Waals surface area contributed by atoms with Crippen LogP contribution in [-0.2, 0) is 13.0 Å². The molecule has 0 radical (unpaired) electrons. The molecule has 0 saturated heterocycles. The van der Waals surface area contributed by atoms with Crippen LogP contribution in [0, 0.1) is 0 Å². The molecule has 0 bridgehead atoms. The van der Waals surface area contributed by atoms with Crippen molar-refractivity contribution in [2.75, 3.05) is 6.54 Å². The first-order valence-corrected chi connectivity index (χ1v) is 7.68. The van der Waals surface area contributed by atoms with Crippen LogP contribution < -0.4 is 11.5 Å². The molecule has 1 aliphatic heterocycles. The van der Waals surface area contributed by atoms with Crippen molar-refractivity contribution >= 4 is 23.6 Å². The first-order valence-electron chi connectivity index (χ1n) is 7.30. The number of aliphatic imine (C=N–C) groups is 1. The van der Waals surface area contributed by atoms with Crippen LogP contribution in [-0.4, -0.2) is 23.4 Å². The van der Waals surface area contributed by atoms with E-state index in [1.165, 1.54) is 5.56 Å². The summed E-state index contributed by atoms with van der Waals surface area (Å²) in [6.07, 6.45) is 0.763. The van der Waals surface area contributed by atoms with Gasteiger partial charge in [-0.1, -0.05) is 48.0 Å². The molecule has 2 amide bonds. The van der Waals surface area contributed by atoms with Gasteiger partial charge in [0.15, 0.2) is 5.96 Å². The highest BCUT2D eigenvalue weighted by molar-refractivity contribution is 6.33. The third kappa shape index (κ3) is 3.14. The minimum absolute atomic E-state index is 0.222. The lowest BCUT2D eigenvalue weighted by Gasteiger charge is -2.29. The summed E-state index contributed by atoms with van der Waals surface area (Å²) < 4.78 is 0. The summed E-state index contributed by atoms with van der Waals surface area (Å²) in [4.78, 5) is 17.4. The van der Waals surface area contributed by atoms with Crippen LogP contribution >= 0.6 is 11.6 Å². The number of carbonyl (C=O) groups is 1. The third-order valence-electron chi connectivity index (χ3n) is 3.93. The topological polar surface area (TPSA) is 84.7 Å². The Morgan fingerprint density at radius 2 is 1.83 bits per heavy atom. The molecule has 0 aromatic heterocycles. The average Bonchev–Trinajstić information content (AvgIpc) is 2.54. The molecule has 0 unspecified atom stereocenters. The number of carbonyl (C=O) groups excluding carboxylic acids is 1. The van der Waals surface area contributed by atoms with Crippen molar-refractivity contribution in [2.45, 2.75) is 13.0 Å². The minimum Gasteiger partial charge on any atom is -0.370 e. The van der Waals surface area contributed by atoms with Gasteiger partial charge in [-0.3, -0.25) is 0 Å². The van der Waals surface area contributed by atoms with Gasteiger partial charge in [0.2, 0.25) is 0 Å². The maximum Gasteiger partial charge on any atom is 0.347 e. The number of nitrogens with two attached hydrogens (primary N) is 2. The Bertz CT molecular complexity index is 784. The molecule has 1 aliphatic rings. The second kappa shape index (κ2) is 6.30. The molecule has 0 fully saturated rings. The molecule has 6 heteroatoms. The summed E-state index contributed by atoms with van der Waals surface area (Å²) in [6.45, 7) is 1.06. The normalized spacial score (nSPS) is 13.3. The number of urea groups is 1. The zero-order chi connectivity index (χ0) is 16.4. The number of hydrogen-bond donors (Lipinski definition) is 2. The highest BCUT2D eigenvalue weighted by Crippen LogP contribution is 2.34. The van der Waals surface area contributed by atoms with Crippen LogP contribution in [0.25, 0.3) is 11.1 Å². The summed E-state index contributed by atoms with van der Waals surface area (Å²) in [5.74, 6) is -0.222. The predicted molar refractivity (Wildman–Crippen MR) is 92.2 cm³/mol. The van der Waals surface area contributed by atoms with E-state index in [1.807, 2.05) is 36.4 Å². The molecule has 5 nitrogen and oxygen atoms in total. The summed E-state index contributed by atoms with van der Waals surface area (Å²) in [7, 11) is 0. The second-order valence-electron chi connectivity index (χ2n) is 5.41. The molecule has 0 saturated carbocycles. The number of halogens is 1. The number of nitrogens with zero attached hydrogens (tertiary/aromatic N) is 2. The van der Waals surface area contributed by atoms with Crippen LogP contribution in [0.2, 0.25) is 5.02 Å². The van der Waals surface area contributed by atoms with E-state index in [9.17, 15) is 4.79 Å².